The highest BCUT2D eigenvalue weighted by Gasteiger charge is 2.28. The molecule has 4 rings (SSSR count). The first-order valence-electron chi connectivity index (χ1n) is 9.46. The number of halogens is 1. The number of benzene rings is 1. The second kappa shape index (κ2) is 8.50. The first-order chi connectivity index (χ1) is 14.5. The average molecular weight is 426 g/mol. The van der Waals surface area contributed by atoms with Gasteiger partial charge in [-0.2, -0.15) is 5.10 Å². The summed E-state index contributed by atoms with van der Waals surface area (Å²) in [5.41, 5.74) is 0.891. The van der Waals surface area contributed by atoms with E-state index in [1.54, 1.807) is 41.6 Å². The molecular weight excluding hydrogens is 406 g/mol. The summed E-state index contributed by atoms with van der Waals surface area (Å²) in [5.74, 6) is 0.444. The molecule has 3 aromatic rings. The van der Waals surface area contributed by atoms with Crippen LogP contribution in [-0.2, 0) is 4.79 Å². The number of carbonyl (C=O) groups excluding carboxylic acids is 2. The van der Waals surface area contributed by atoms with E-state index in [-0.39, 0.29) is 11.8 Å². The summed E-state index contributed by atoms with van der Waals surface area (Å²) in [6.45, 7) is 3.63. The SMILES string of the molecule is CC(=O)Nc1c(C(=O)N2CCN(c3ncccn3)CC2)cnn1-c1ccccc1Cl. The lowest BCUT2D eigenvalue weighted by Crippen LogP contribution is -2.49. The summed E-state index contributed by atoms with van der Waals surface area (Å²) < 4.78 is 1.48. The monoisotopic (exact) mass is 425 g/mol. The van der Waals surface area contributed by atoms with Crippen molar-refractivity contribution in [1.29, 1.82) is 0 Å². The van der Waals surface area contributed by atoms with Crippen LogP contribution in [0.15, 0.2) is 48.9 Å². The van der Waals surface area contributed by atoms with Crippen molar-refractivity contribution in [2.45, 2.75) is 6.92 Å². The Labute approximate surface area is 178 Å². The molecule has 9 nitrogen and oxygen atoms in total. The number of hydrogen-bond acceptors (Lipinski definition) is 6. The van der Waals surface area contributed by atoms with E-state index in [0.717, 1.165) is 0 Å². The molecule has 30 heavy (non-hydrogen) atoms. The summed E-state index contributed by atoms with van der Waals surface area (Å²) in [6, 6.07) is 8.88. The highest BCUT2D eigenvalue weighted by molar-refractivity contribution is 6.32. The van der Waals surface area contributed by atoms with Gasteiger partial charge in [0, 0.05) is 45.5 Å². The number of nitrogens with one attached hydrogen (secondary N) is 1. The molecule has 1 fully saturated rings. The zero-order chi connectivity index (χ0) is 21.1. The predicted molar refractivity (Wildman–Crippen MR) is 113 cm³/mol. The molecule has 0 spiro atoms. The molecule has 0 bridgehead atoms. The van der Waals surface area contributed by atoms with Gasteiger partial charge in [-0.1, -0.05) is 23.7 Å². The van der Waals surface area contributed by atoms with Gasteiger partial charge in [0.05, 0.1) is 16.9 Å². The van der Waals surface area contributed by atoms with Crippen molar-refractivity contribution in [3.05, 3.63) is 59.5 Å². The third-order valence-corrected chi connectivity index (χ3v) is 5.10. The second-order valence-corrected chi connectivity index (χ2v) is 7.19. The zero-order valence-corrected chi connectivity index (χ0v) is 17.1. The number of aromatic nitrogens is 4. The molecule has 3 heterocycles. The van der Waals surface area contributed by atoms with Gasteiger partial charge < -0.3 is 15.1 Å². The molecule has 1 aliphatic heterocycles. The predicted octanol–water partition coefficient (Wildman–Crippen LogP) is 2.24. The summed E-state index contributed by atoms with van der Waals surface area (Å²) in [4.78, 5) is 37.3. The standard InChI is InChI=1S/C20H20ClN7O2/c1-14(29)25-18-15(13-24-28(18)17-6-3-2-5-16(17)21)19(30)26-9-11-27(12-10-26)20-22-7-4-8-23-20/h2-8,13H,9-12H2,1H3,(H,25,29). The second-order valence-electron chi connectivity index (χ2n) is 6.78. The average Bonchev–Trinajstić information content (AvgIpc) is 3.17. The van der Waals surface area contributed by atoms with E-state index in [0.29, 0.717) is 54.2 Å². The minimum absolute atomic E-state index is 0.203. The molecule has 1 saturated heterocycles. The van der Waals surface area contributed by atoms with Crippen molar-refractivity contribution in [3.63, 3.8) is 0 Å². The molecular formula is C20H20ClN7O2. The van der Waals surface area contributed by atoms with E-state index in [2.05, 4.69) is 20.4 Å². The summed E-state index contributed by atoms with van der Waals surface area (Å²) >= 11 is 6.29. The minimum atomic E-state index is -0.302. The lowest BCUT2D eigenvalue weighted by atomic mass is 10.2. The number of nitrogens with zero attached hydrogens (tertiary/aromatic N) is 6. The van der Waals surface area contributed by atoms with Crippen LogP contribution >= 0.6 is 11.6 Å². The Morgan fingerprint density at radius 3 is 2.40 bits per heavy atom. The van der Waals surface area contributed by atoms with Gasteiger partial charge in [-0.3, -0.25) is 9.59 Å². The summed E-state index contributed by atoms with van der Waals surface area (Å²) in [5, 5.41) is 7.51. The Morgan fingerprint density at radius 2 is 1.73 bits per heavy atom. The van der Waals surface area contributed by atoms with Crippen LogP contribution in [0.5, 0.6) is 0 Å². The van der Waals surface area contributed by atoms with E-state index < -0.39 is 0 Å². The number of piperazine rings is 1. The Bertz CT molecular complexity index is 1060. The van der Waals surface area contributed by atoms with Crippen LogP contribution in [0.2, 0.25) is 5.02 Å². The first kappa shape index (κ1) is 19.8. The van der Waals surface area contributed by atoms with Gasteiger partial charge in [0.1, 0.15) is 11.4 Å². The van der Waals surface area contributed by atoms with Crippen molar-refractivity contribution in [2.75, 3.05) is 36.4 Å². The van der Waals surface area contributed by atoms with E-state index in [1.165, 1.54) is 17.8 Å². The fourth-order valence-corrected chi connectivity index (χ4v) is 3.55. The molecule has 0 atom stereocenters. The molecule has 1 N–H and O–H groups in total. The lowest BCUT2D eigenvalue weighted by molar-refractivity contribution is -0.114. The minimum Gasteiger partial charge on any atom is -0.337 e. The van der Waals surface area contributed by atoms with Crippen molar-refractivity contribution in [3.8, 4) is 5.69 Å². The third kappa shape index (κ3) is 3.97. The van der Waals surface area contributed by atoms with Crippen molar-refractivity contribution in [1.82, 2.24) is 24.6 Å². The van der Waals surface area contributed by atoms with Crippen LogP contribution < -0.4 is 10.2 Å². The smallest absolute Gasteiger partial charge is 0.259 e. The Morgan fingerprint density at radius 1 is 1.03 bits per heavy atom. The Kier molecular flexibility index (Phi) is 5.62. The maximum atomic E-state index is 13.2. The largest absolute Gasteiger partial charge is 0.337 e. The molecule has 0 aliphatic carbocycles. The molecule has 1 aromatic carbocycles. The van der Waals surface area contributed by atoms with Crippen LogP contribution in [0.25, 0.3) is 5.69 Å². The molecule has 0 radical (unpaired) electrons. The van der Waals surface area contributed by atoms with Crippen LogP contribution in [-0.4, -0.2) is 62.6 Å². The van der Waals surface area contributed by atoms with Crippen LogP contribution in [0.3, 0.4) is 0 Å². The summed E-state index contributed by atoms with van der Waals surface area (Å²) in [7, 11) is 0. The number of carbonyl (C=O) groups is 2. The third-order valence-electron chi connectivity index (χ3n) is 4.78. The topological polar surface area (TPSA) is 96.2 Å². The zero-order valence-electron chi connectivity index (χ0n) is 16.3. The number of amides is 2. The van der Waals surface area contributed by atoms with Gasteiger partial charge in [0.25, 0.3) is 5.91 Å². The maximum absolute atomic E-state index is 13.2. The van der Waals surface area contributed by atoms with E-state index in [1.807, 2.05) is 11.0 Å². The number of para-hydroxylation sites is 1. The first-order valence-corrected chi connectivity index (χ1v) is 9.84. The molecule has 10 heteroatoms. The fraction of sp³-hybridized carbons (Fsp3) is 0.250. The fourth-order valence-electron chi connectivity index (χ4n) is 3.33. The van der Waals surface area contributed by atoms with Gasteiger partial charge in [-0.05, 0) is 18.2 Å². The number of rotatable bonds is 4. The van der Waals surface area contributed by atoms with Crippen LogP contribution in [0.1, 0.15) is 17.3 Å². The van der Waals surface area contributed by atoms with Gasteiger partial charge in [-0.25, -0.2) is 14.6 Å². The molecule has 2 aromatic heterocycles. The summed E-state index contributed by atoms with van der Waals surface area (Å²) in [6.07, 6.45) is 4.86. The van der Waals surface area contributed by atoms with Crippen LogP contribution in [0.4, 0.5) is 11.8 Å². The molecule has 0 saturated carbocycles. The van der Waals surface area contributed by atoms with Crippen molar-refractivity contribution in [2.24, 2.45) is 0 Å². The maximum Gasteiger partial charge on any atom is 0.259 e. The Hall–Kier alpha value is -3.46. The number of hydrogen-bond donors (Lipinski definition) is 1. The number of anilines is 2. The van der Waals surface area contributed by atoms with E-state index >= 15 is 0 Å². The molecule has 0 unspecified atom stereocenters. The van der Waals surface area contributed by atoms with Gasteiger partial charge in [0.2, 0.25) is 11.9 Å². The van der Waals surface area contributed by atoms with Crippen LogP contribution in [0, 0.1) is 0 Å². The van der Waals surface area contributed by atoms with Gasteiger partial charge in [-0.15, -0.1) is 0 Å². The van der Waals surface area contributed by atoms with Crippen molar-refractivity contribution < 1.29 is 9.59 Å². The quantitative estimate of drug-likeness (QED) is 0.688. The highest BCUT2D eigenvalue weighted by Crippen LogP contribution is 2.27. The van der Waals surface area contributed by atoms with E-state index in [9.17, 15) is 9.59 Å². The van der Waals surface area contributed by atoms with Gasteiger partial charge >= 0.3 is 0 Å². The molecule has 1 aliphatic rings. The lowest BCUT2D eigenvalue weighted by Gasteiger charge is -2.34. The normalized spacial score (nSPS) is 13.9. The van der Waals surface area contributed by atoms with Crippen molar-refractivity contribution >= 4 is 35.2 Å². The highest BCUT2D eigenvalue weighted by atomic mass is 35.5. The molecule has 2 amide bonds. The molecule has 154 valence electrons. The Balaban J connectivity index is 1.57. The van der Waals surface area contributed by atoms with E-state index in [4.69, 9.17) is 11.6 Å². The van der Waals surface area contributed by atoms with Gasteiger partial charge in [0.15, 0.2) is 0 Å².